The van der Waals surface area contributed by atoms with Crippen LogP contribution in [0.1, 0.15) is 55.2 Å². The summed E-state index contributed by atoms with van der Waals surface area (Å²) in [6, 6.07) is 13.1. The second-order valence-electron chi connectivity index (χ2n) is 10.5. The van der Waals surface area contributed by atoms with Crippen molar-refractivity contribution in [3.05, 3.63) is 65.5 Å². The quantitative estimate of drug-likeness (QED) is 0.368. The highest BCUT2D eigenvalue weighted by molar-refractivity contribution is 5.76. The number of carbonyl (C=O) groups is 2. The second-order valence-corrected chi connectivity index (χ2v) is 10.5. The smallest absolute Gasteiger partial charge is 0.479 e. The zero-order valence-corrected chi connectivity index (χ0v) is 21.8. The zero-order chi connectivity index (χ0) is 28.7. The van der Waals surface area contributed by atoms with E-state index in [0.29, 0.717) is 17.5 Å². The molecular formula is C28H27F3N4O6. The Labute approximate surface area is 232 Å². The highest BCUT2D eigenvalue weighted by Gasteiger charge is 2.52. The topological polar surface area (TPSA) is 118 Å². The Morgan fingerprint density at radius 2 is 1.80 bits per heavy atom. The Kier molecular flexibility index (Phi) is 6.96. The van der Waals surface area contributed by atoms with E-state index >= 15 is 0 Å². The van der Waals surface area contributed by atoms with Crippen molar-refractivity contribution in [1.82, 2.24) is 15.1 Å². The van der Waals surface area contributed by atoms with E-state index in [4.69, 9.17) is 14.3 Å². The lowest BCUT2D eigenvalue weighted by Crippen LogP contribution is -2.49. The molecule has 2 aromatic carbocycles. The van der Waals surface area contributed by atoms with Crippen LogP contribution in [0.3, 0.4) is 0 Å². The van der Waals surface area contributed by atoms with Gasteiger partial charge in [0, 0.05) is 18.0 Å². The number of hydrogen-bond acceptors (Lipinski definition) is 8. The molecule has 1 amide bonds. The van der Waals surface area contributed by atoms with Crippen molar-refractivity contribution < 1.29 is 41.8 Å². The molecule has 41 heavy (non-hydrogen) atoms. The highest BCUT2D eigenvalue weighted by Crippen LogP contribution is 2.54. The van der Waals surface area contributed by atoms with Crippen LogP contribution in [0.15, 0.2) is 52.9 Å². The van der Waals surface area contributed by atoms with Gasteiger partial charge in [-0.15, -0.1) is 18.3 Å². The number of carbonyl (C=O) groups excluding carboxylic acids is 1. The van der Waals surface area contributed by atoms with Crippen molar-refractivity contribution in [3.8, 4) is 5.75 Å². The summed E-state index contributed by atoms with van der Waals surface area (Å²) >= 11 is 0. The maximum atomic E-state index is 13.2. The predicted molar refractivity (Wildman–Crippen MR) is 137 cm³/mol. The molecule has 6 rings (SSSR count). The van der Waals surface area contributed by atoms with Crippen LogP contribution in [0, 0.1) is 5.92 Å². The molecule has 3 aromatic rings. The van der Waals surface area contributed by atoms with Crippen molar-refractivity contribution in [2.45, 2.75) is 63.0 Å². The van der Waals surface area contributed by atoms with E-state index in [-0.39, 0.29) is 36.2 Å². The van der Waals surface area contributed by atoms with E-state index in [2.05, 4.69) is 14.9 Å². The van der Waals surface area contributed by atoms with E-state index in [0.717, 1.165) is 43.4 Å². The number of nitrogens with zero attached hydrogens (tertiary/aromatic N) is 4. The molecule has 13 heteroatoms. The standard InChI is InChI=1S/C28H27F3N4O6/c29-28(30,31)41-18-12-8-16(9-13-18)14-23-32-33-26(40-23)35-21-6-2-1-4-19(21)25(20-5-3-7-22(20)35)34(17-10-11-17)27(38)39-15-24(36)37/h1-2,4,6,8-9,12-13,17,20,22,25H,3,5,7,10-11,14-15H2,(H,36,37)/t20-,22+,25-/m0/s1. The number of anilines is 2. The lowest BCUT2D eigenvalue weighted by molar-refractivity contribution is -0.274. The summed E-state index contributed by atoms with van der Waals surface area (Å²) in [7, 11) is 0. The number of fused-ring (bicyclic) bond motifs is 2. The average molecular weight is 573 g/mol. The van der Waals surface area contributed by atoms with E-state index in [1.807, 2.05) is 29.2 Å². The molecule has 3 atom stereocenters. The Morgan fingerprint density at radius 3 is 2.51 bits per heavy atom. The molecule has 0 bridgehead atoms. The Morgan fingerprint density at radius 1 is 1.05 bits per heavy atom. The number of carboxylic acids is 1. The summed E-state index contributed by atoms with van der Waals surface area (Å²) in [6.45, 7) is -0.695. The van der Waals surface area contributed by atoms with E-state index < -0.39 is 25.0 Å². The first kappa shape index (κ1) is 26.9. The van der Waals surface area contributed by atoms with Gasteiger partial charge in [0.25, 0.3) is 0 Å². The van der Waals surface area contributed by atoms with Gasteiger partial charge in [0.1, 0.15) is 5.75 Å². The van der Waals surface area contributed by atoms with Crippen molar-refractivity contribution in [2.24, 2.45) is 5.92 Å². The van der Waals surface area contributed by atoms with Crippen LogP contribution in [0.4, 0.5) is 29.7 Å². The Balaban J connectivity index is 1.28. The summed E-state index contributed by atoms with van der Waals surface area (Å²) in [4.78, 5) is 28.0. The molecule has 3 aliphatic rings. The first-order chi connectivity index (χ1) is 19.7. The SMILES string of the molecule is O=C(O)COC(=O)N(C1CC1)[C@H]1c2ccccc2N(c2nnc(Cc3ccc(OC(F)(F)F)cc3)o2)[C@@H]2CCC[C@@H]21. The van der Waals surface area contributed by atoms with Gasteiger partial charge in [-0.2, -0.15) is 0 Å². The lowest BCUT2D eigenvalue weighted by atomic mass is 9.82. The molecule has 1 N–H and O–H groups in total. The van der Waals surface area contributed by atoms with Crippen molar-refractivity contribution in [1.29, 1.82) is 0 Å². The molecular weight excluding hydrogens is 545 g/mol. The number of amides is 1. The van der Waals surface area contributed by atoms with Gasteiger partial charge in [0.05, 0.1) is 18.2 Å². The van der Waals surface area contributed by atoms with Gasteiger partial charge < -0.3 is 19.0 Å². The first-order valence-corrected chi connectivity index (χ1v) is 13.4. The highest BCUT2D eigenvalue weighted by atomic mass is 19.4. The molecule has 0 spiro atoms. The number of hydrogen-bond donors (Lipinski definition) is 1. The molecule has 1 aliphatic heterocycles. The fourth-order valence-electron chi connectivity index (χ4n) is 6.06. The molecule has 2 fully saturated rings. The van der Waals surface area contributed by atoms with Crippen molar-refractivity contribution in [2.75, 3.05) is 11.5 Å². The number of benzene rings is 2. The third kappa shape index (κ3) is 5.66. The molecule has 0 unspecified atom stereocenters. The lowest BCUT2D eigenvalue weighted by Gasteiger charge is -2.46. The minimum absolute atomic E-state index is 0.00919. The van der Waals surface area contributed by atoms with Gasteiger partial charge in [-0.05, 0) is 55.0 Å². The molecule has 0 radical (unpaired) electrons. The number of para-hydroxylation sites is 1. The summed E-state index contributed by atoms with van der Waals surface area (Å²) in [5, 5.41) is 17.6. The van der Waals surface area contributed by atoms with Gasteiger partial charge in [-0.3, -0.25) is 9.80 Å². The molecule has 0 saturated heterocycles. The third-order valence-corrected chi connectivity index (χ3v) is 7.73. The Hall–Kier alpha value is -4.29. The summed E-state index contributed by atoms with van der Waals surface area (Å²) < 4.78 is 52.6. The monoisotopic (exact) mass is 572 g/mol. The van der Waals surface area contributed by atoms with Gasteiger partial charge in [-0.1, -0.05) is 41.9 Å². The molecule has 10 nitrogen and oxygen atoms in total. The number of alkyl halides is 3. The fourth-order valence-corrected chi connectivity index (χ4v) is 6.06. The fraction of sp³-hybridized carbons (Fsp3) is 0.429. The third-order valence-electron chi connectivity index (χ3n) is 7.73. The zero-order valence-electron chi connectivity index (χ0n) is 21.8. The predicted octanol–water partition coefficient (Wildman–Crippen LogP) is 5.61. The number of carboxylic acid groups (broad SMARTS) is 1. The van der Waals surface area contributed by atoms with Gasteiger partial charge in [0.2, 0.25) is 5.89 Å². The van der Waals surface area contributed by atoms with Crippen molar-refractivity contribution in [3.63, 3.8) is 0 Å². The maximum absolute atomic E-state index is 13.2. The molecule has 2 aliphatic carbocycles. The minimum Gasteiger partial charge on any atom is -0.479 e. The van der Waals surface area contributed by atoms with Crippen LogP contribution in [-0.2, 0) is 16.0 Å². The molecule has 216 valence electrons. The van der Waals surface area contributed by atoms with Crippen LogP contribution >= 0.6 is 0 Å². The number of aliphatic carboxylic acids is 1. The van der Waals surface area contributed by atoms with Crippen LogP contribution in [0.25, 0.3) is 0 Å². The first-order valence-electron chi connectivity index (χ1n) is 13.4. The largest absolute Gasteiger partial charge is 0.573 e. The number of rotatable bonds is 8. The normalized spacial score (nSPS) is 21.6. The number of aromatic nitrogens is 2. The molecule has 1 aromatic heterocycles. The number of halogens is 3. The van der Waals surface area contributed by atoms with E-state index in [1.165, 1.54) is 24.3 Å². The maximum Gasteiger partial charge on any atom is 0.573 e. The molecule has 2 heterocycles. The van der Waals surface area contributed by atoms with Gasteiger partial charge in [-0.25, -0.2) is 9.59 Å². The Bertz CT molecular complexity index is 1420. The average Bonchev–Trinajstić information content (AvgIpc) is 3.45. The van der Waals surface area contributed by atoms with Crippen LogP contribution in [-0.4, -0.2) is 57.3 Å². The minimum atomic E-state index is -4.76. The van der Waals surface area contributed by atoms with E-state index in [9.17, 15) is 22.8 Å². The van der Waals surface area contributed by atoms with Crippen LogP contribution in [0.5, 0.6) is 5.75 Å². The van der Waals surface area contributed by atoms with Crippen molar-refractivity contribution >= 4 is 23.8 Å². The molecule has 2 saturated carbocycles. The summed E-state index contributed by atoms with van der Waals surface area (Å²) in [5.41, 5.74) is 2.39. The van der Waals surface area contributed by atoms with Crippen LogP contribution in [0.2, 0.25) is 0 Å². The van der Waals surface area contributed by atoms with E-state index in [1.54, 1.807) is 4.90 Å². The number of ether oxygens (including phenoxy) is 2. The summed E-state index contributed by atoms with van der Waals surface area (Å²) in [5.74, 6) is -1.19. The summed E-state index contributed by atoms with van der Waals surface area (Å²) in [6.07, 6.45) is -0.904. The van der Waals surface area contributed by atoms with Crippen LogP contribution < -0.4 is 9.64 Å². The van der Waals surface area contributed by atoms with Gasteiger partial charge >= 0.3 is 24.4 Å². The second kappa shape index (κ2) is 10.6. The van der Waals surface area contributed by atoms with Gasteiger partial charge in [0.15, 0.2) is 6.61 Å².